The zero-order chi connectivity index (χ0) is 13.9. The fourth-order valence-electron chi connectivity index (χ4n) is 2.14. The van der Waals surface area contributed by atoms with E-state index < -0.39 is 0 Å². The van der Waals surface area contributed by atoms with Crippen molar-refractivity contribution >= 4 is 11.6 Å². The van der Waals surface area contributed by atoms with Crippen molar-refractivity contribution in [1.29, 1.82) is 0 Å². The van der Waals surface area contributed by atoms with Crippen LogP contribution < -0.4 is 0 Å². The van der Waals surface area contributed by atoms with Crippen molar-refractivity contribution in [1.82, 2.24) is 4.90 Å². The van der Waals surface area contributed by atoms with Gasteiger partial charge in [-0.3, -0.25) is 4.90 Å². The molecule has 1 unspecified atom stereocenters. The summed E-state index contributed by atoms with van der Waals surface area (Å²) < 4.78 is 0. The average Bonchev–Trinajstić information content (AvgIpc) is 2.23. The van der Waals surface area contributed by atoms with E-state index in [1.54, 1.807) is 12.1 Å². The van der Waals surface area contributed by atoms with E-state index in [4.69, 9.17) is 11.6 Å². The van der Waals surface area contributed by atoms with Gasteiger partial charge in [0.15, 0.2) is 0 Å². The maximum Gasteiger partial charge on any atom is 0.134 e. The van der Waals surface area contributed by atoms with Gasteiger partial charge in [0.05, 0.1) is 11.6 Å². The molecule has 1 atom stereocenters. The third-order valence-electron chi connectivity index (χ3n) is 3.18. The molecule has 0 saturated heterocycles. The van der Waals surface area contributed by atoms with Gasteiger partial charge in [-0.05, 0) is 24.1 Å². The fraction of sp³-hybridized carbons (Fsp3) is 0.571. The molecule has 1 aromatic carbocycles. The second kappa shape index (κ2) is 5.91. The number of aliphatic hydroxyl groups excluding tert-OH is 1. The van der Waals surface area contributed by atoms with Crippen LogP contribution in [-0.4, -0.2) is 34.8 Å². The summed E-state index contributed by atoms with van der Waals surface area (Å²) in [6.07, 6.45) is 0. The summed E-state index contributed by atoms with van der Waals surface area (Å²) in [5, 5.41) is 19.5. The first-order chi connectivity index (χ1) is 8.27. The molecule has 0 fully saturated rings. The van der Waals surface area contributed by atoms with E-state index in [-0.39, 0.29) is 23.8 Å². The van der Waals surface area contributed by atoms with Crippen LogP contribution >= 0.6 is 11.6 Å². The lowest BCUT2D eigenvalue weighted by atomic mass is 9.86. The van der Waals surface area contributed by atoms with Gasteiger partial charge in [0, 0.05) is 12.6 Å². The highest BCUT2D eigenvalue weighted by Crippen LogP contribution is 2.30. The van der Waals surface area contributed by atoms with Crippen LogP contribution in [0.25, 0.3) is 0 Å². The van der Waals surface area contributed by atoms with Gasteiger partial charge in [0.1, 0.15) is 5.75 Å². The molecule has 102 valence electrons. The van der Waals surface area contributed by atoms with Crippen LogP contribution in [0.5, 0.6) is 5.75 Å². The predicted molar refractivity (Wildman–Crippen MR) is 74.9 cm³/mol. The van der Waals surface area contributed by atoms with Crippen molar-refractivity contribution < 1.29 is 10.2 Å². The third-order valence-corrected chi connectivity index (χ3v) is 3.62. The Bertz CT molecular complexity index is 401. The second-order valence-corrected chi connectivity index (χ2v) is 6.11. The van der Waals surface area contributed by atoms with E-state index in [1.165, 1.54) is 0 Å². The van der Waals surface area contributed by atoms with Gasteiger partial charge in [-0.15, -0.1) is 0 Å². The smallest absolute Gasteiger partial charge is 0.134 e. The molecule has 0 radical (unpaired) electrons. The van der Waals surface area contributed by atoms with E-state index in [9.17, 15) is 10.2 Å². The molecule has 4 heteroatoms. The Labute approximate surface area is 114 Å². The van der Waals surface area contributed by atoms with E-state index in [0.717, 1.165) is 5.56 Å². The van der Waals surface area contributed by atoms with Gasteiger partial charge in [0.25, 0.3) is 0 Å². The zero-order valence-electron chi connectivity index (χ0n) is 11.4. The molecule has 0 amide bonds. The number of aromatic hydroxyl groups is 1. The number of rotatable bonds is 4. The largest absolute Gasteiger partial charge is 0.506 e. The number of hydrogen-bond donors (Lipinski definition) is 2. The number of benzene rings is 1. The summed E-state index contributed by atoms with van der Waals surface area (Å²) in [7, 11) is 1.95. The highest BCUT2D eigenvalue weighted by molar-refractivity contribution is 6.32. The van der Waals surface area contributed by atoms with Gasteiger partial charge < -0.3 is 10.2 Å². The predicted octanol–water partition coefficient (Wildman–Crippen LogP) is 2.88. The Morgan fingerprint density at radius 2 is 1.94 bits per heavy atom. The minimum absolute atomic E-state index is 0.0210. The lowest BCUT2D eigenvalue weighted by Gasteiger charge is -2.37. The van der Waals surface area contributed by atoms with Crippen LogP contribution in [0.3, 0.4) is 0 Å². The molecule has 0 aliphatic heterocycles. The Kier molecular flexibility index (Phi) is 5.02. The highest BCUT2D eigenvalue weighted by atomic mass is 35.5. The van der Waals surface area contributed by atoms with Gasteiger partial charge >= 0.3 is 0 Å². The van der Waals surface area contributed by atoms with Crippen molar-refractivity contribution in [3.05, 3.63) is 28.8 Å². The summed E-state index contributed by atoms with van der Waals surface area (Å²) in [6.45, 7) is 6.96. The first-order valence-corrected chi connectivity index (χ1v) is 6.42. The lowest BCUT2D eigenvalue weighted by Crippen LogP contribution is -2.44. The maximum absolute atomic E-state index is 9.57. The first-order valence-electron chi connectivity index (χ1n) is 6.04. The molecule has 1 rings (SSSR count). The van der Waals surface area contributed by atoms with Gasteiger partial charge in [-0.2, -0.15) is 0 Å². The van der Waals surface area contributed by atoms with Crippen LogP contribution in [0, 0.1) is 5.41 Å². The summed E-state index contributed by atoms with van der Waals surface area (Å²) in [5.41, 5.74) is 0.842. The molecule has 0 aliphatic carbocycles. The monoisotopic (exact) mass is 271 g/mol. The van der Waals surface area contributed by atoms with Crippen molar-refractivity contribution in [2.24, 2.45) is 5.41 Å². The minimum Gasteiger partial charge on any atom is -0.506 e. The van der Waals surface area contributed by atoms with Crippen molar-refractivity contribution in [3.63, 3.8) is 0 Å². The molecule has 3 nitrogen and oxygen atoms in total. The number of likely N-dealkylation sites (N-methyl/N-ethyl adjacent to an activating group) is 1. The molecule has 0 heterocycles. The molecule has 0 bridgehead atoms. The van der Waals surface area contributed by atoms with E-state index >= 15 is 0 Å². The summed E-state index contributed by atoms with van der Waals surface area (Å²) in [6, 6.07) is 5.26. The molecule has 18 heavy (non-hydrogen) atoms. The SMILES string of the molecule is CN(Cc1cccc(O)c1Cl)C(CO)C(C)(C)C. The fourth-order valence-corrected chi connectivity index (χ4v) is 2.33. The second-order valence-electron chi connectivity index (χ2n) is 5.73. The maximum atomic E-state index is 9.57. The summed E-state index contributed by atoms with van der Waals surface area (Å²) >= 11 is 6.06. The van der Waals surface area contributed by atoms with E-state index in [0.29, 0.717) is 11.6 Å². The van der Waals surface area contributed by atoms with E-state index in [2.05, 4.69) is 25.7 Å². The van der Waals surface area contributed by atoms with Crippen LogP contribution in [0.4, 0.5) is 0 Å². The topological polar surface area (TPSA) is 43.7 Å². The van der Waals surface area contributed by atoms with E-state index in [1.807, 2.05) is 13.1 Å². The van der Waals surface area contributed by atoms with Gasteiger partial charge in [-0.25, -0.2) is 0 Å². The number of aliphatic hydroxyl groups is 1. The van der Waals surface area contributed by atoms with Crippen LogP contribution in [0.2, 0.25) is 5.02 Å². The summed E-state index contributed by atoms with van der Waals surface area (Å²) in [4.78, 5) is 2.06. The number of phenolic OH excluding ortho intramolecular Hbond substituents is 1. The van der Waals surface area contributed by atoms with Crippen molar-refractivity contribution in [3.8, 4) is 5.75 Å². The standard InChI is InChI=1S/C14H22ClNO2/c1-14(2,3)12(9-17)16(4)8-10-6-5-7-11(18)13(10)15/h5-7,12,17-18H,8-9H2,1-4H3. The quantitative estimate of drug-likeness (QED) is 0.885. The molecule has 0 aliphatic rings. The first kappa shape index (κ1) is 15.3. The normalized spacial score (nSPS) is 13.9. The number of halogens is 1. The molecular formula is C14H22ClNO2. The van der Waals surface area contributed by atoms with Gasteiger partial charge in [0.2, 0.25) is 0 Å². The van der Waals surface area contributed by atoms with Crippen LogP contribution in [0.15, 0.2) is 18.2 Å². The average molecular weight is 272 g/mol. The minimum atomic E-state index is -0.0210. The molecule has 1 aromatic rings. The Balaban J connectivity index is 2.87. The molecular weight excluding hydrogens is 250 g/mol. The number of phenols is 1. The summed E-state index contributed by atoms with van der Waals surface area (Å²) in [5.74, 6) is 0.0962. The van der Waals surface area contributed by atoms with Gasteiger partial charge in [-0.1, -0.05) is 44.5 Å². The molecule has 0 aromatic heterocycles. The number of nitrogens with zero attached hydrogens (tertiary/aromatic N) is 1. The highest BCUT2D eigenvalue weighted by Gasteiger charge is 2.28. The molecule has 0 saturated carbocycles. The number of hydrogen-bond acceptors (Lipinski definition) is 3. The molecule has 2 N–H and O–H groups in total. The third kappa shape index (κ3) is 3.61. The lowest BCUT2D eigenvalue weighted by molar-refractivity contribution is 0.0614. The Hall–Kier alpha value is -0.770. The van der Waals surface area contributed by atoms with Crippen LogP contribution in [-0.2, 0) is 6.54 Å². The van der Waals surface area contributed by atoms with Crippen LogP contribution in [0.1, 0.15) is 26.3 Å². The Morgan fingerprint density at radius 1 is 1.33 bits per heavy atom. The van der Waals surface area contributed by atoms with Crippen molar-refractivity contribution in [2.45, 2.75) is 33.4 Å². The molecule has 0 spiro atoms. The Morgan fingerprint density at radius 3 is 2.44 bits per heavy atom. The zero-order valence-corrected chi connectivity index (χ0v) is 12.2. The van der Waals surface area contributed by atoms with Crippen molar-refractivity contribution in [2.75, 3.05) is 13.7 Å².